The van der Waals surface area contributed by atoms with E-state index >= 15 is 0 Å². The second-order valence-electron chi connectivity index (χ2n) is 5.55. The van der Waals surface area contributed by atoms with Gasteiger partial charge in [0.15, 0.2) is 5.65 Å². The van der Waals surface area contributed by atoms with Gasteiger partial charge in [0, 0.05) is 52.4 Å². The van der Waals surface area contributed by atoms with Gasteiger partial charge >= 0.3 is 0 Å². The maximum absolute atomic E-state index is 4.45. The number of fused-ring (bicyclic) bond motifs is 1. The molecule has 7 heteroatoms. The molecule has 0 bridgehead atoms. The fourth-order valence-electron chi connectivity index (χ4n) is 3.11. The second kappa shape index (κ2) is 4.68. The molecule has 0 spiro atoms. The minimum atomic E-state index is 0.666. The van der Waals surface area contributed by atoms with Gasteiger partial charge in [0.1, 0.15) is 12.1 Å². The van der Waals surface area contributed by atoms with Crippen LogP contribution in [0.3, 0.4) is 0 Å². The van der Waals surface area contributed by atoms with E-state index in [2.05, 4.69) is 30.2 Å². The first-order valence-corrected chi connectivity index (χ1v) is 7.15. The molecule has 0 aromatic carbocycles. The van der Waals surface area contributed by atoms with E-state index in [4.69, 9.17) is 0 Å². The molecule has 0 amide bonds. The number of aryl methyl sites for hydroxylation is 1. The molecular weight excluding hydrogens is 254 g/mol. The molecule has 2 aliphatic heterocycles. The van der Waals surface area contributed by atoms with Crippen molar-refractivity contribution >= 4 is 16.9 Å². The van der Waals surface area contributed by atoms with Crippen molar-refractivity contribution in [2.75, 3.05) is 44.2 Å². The lowest BCUT2D eigenvalue weighted by Gasteiger charge is -2.47. The van der Waals surface area contributed by atoms with Crippen molar-refractivity contribution in [2.24, 2.45) is 7.05 Å². The molecule has 0 aliphatic carbocycles. The highest BCUT2D eigenvalue weighted by molar-refractivity contribution is 5.87. The normalized spacial score (nSPS) is 21.4. The smallest absolute Gasteiger partial charge is 0.163 e. The Morgan fingerprint density at radius 3 is 2.80 bits per heavy atom. The van der Waals surface area contributed by atoms with Gasteiger partial charge in [-0.3, -0.25) is 9.58 Å². The molecule has 2 aromatic heterocycles. The number of nitrogens with zero attached hydrogens (tertiary/aromatic N) is 6. The van der Waals surface area contributed by atoms with E-state index in [0.717, 1.165) is 56.1 Å². The Bertz CT molecular complexity index is 610. The highest BCUT2D eigenvalue weighted by atomic mass is 15.4. The molecule has 2 aromatic rings. The summed E-state index contributed by atoms with van der Waals surface area (Å²) < 4.78 is 1.80. The summed E-state index contributed by atoms with van der Waals surface area (Å²) in [7, 11) is 1.92. The Morgan fingerprint density at radius 1 is 1.20 bits per heavy atom. The standard InChI is InChI=1S/C13H19N7/c1-18-12-11(6-17-18)13(16-9-15-12)20-7-10(8-20)19-4-2-14-3-5-19/h6,9-10,14H,2-5,7-8H2,1H3. The minimum absolute atomic E-state index is 0.666. The third kappa shape index (κ3) is 1.85. The molecule has 20 heavy (non-hydrogen) atoms. The highest BCUT2D eigenvalue weighted by Gasteiger charge is 2.34. The van der Waals surface area contributed by atoms with Crippen molar-refractivity contribution in [3.8, 4) is 0 Å². The van der Waals surface area contributed by atoms with Crippen molar-refractivity contribution in [1.82, 2.24) is 30.0 Å². The molecule has 0 atom stereocenters. The number of rotatable bonds is 2. The molecule has 0 saturated carbocycles. The highest BCUT2D eigenvalue weighted by Crippen LogP contribution is 2.27. The summed E-state index contributed by atoms with van der Waals surface area (Å²) in [4.78, 5) is 13.7. The average Bonchev–Trinajstić information content (AvgIpc) is 2.81. The molecule has 106 valence electrons. The van der Waals surface area contributed by atoms with Gasteiger partial charge in [-0.05, 0) is 0 Å². The summed E-state index contributed by atoms with van der Waals surface area (Å²) in [6, 6.07) is 0.666. The molecule has 2 saturated heterocycles. The summed E-state index contributed by atoms with van der Waals surface area (Å²) in [5, 5.41) is 8.73. The van der Waals surface area contributed by atoms with Gasteiger partial charge in [0.05, 0.1) is 11.6 Å². The Kier molecular flexibility index (Phi) is 2.82. The van der Waals surface area contributed by atoms with E-state index < -0.39 is 0 Å². The molecule has 1 N–H and O–H groups in total. The van der Waals surface area contributed by atoms with Crippen molar-refractivity contribution in [3.63, 3.8) is 0 Å². The molecule has 2 fully saturated rings. The number of nitrogens with one attached hydrogen (secondary N) is 1. The third-order valence-corrected chi connectivity index (χ3v) is 4.34. The van der Waals surface area contributed by atoms with Gasteiger partial charge in [-0.15, -0.1) is 0 Å². The number of hydrogen-bond donors (Lipinski definition) is 1. The van der Waals surface area contributed by atoms with Gasteiger partial charge in [-0.2, -0.15) is 5.10 Å². The molecule has 4 rings (SSSR count). The summed E-state index contributed by atoms with van der Waals surface area (Å²) in [6.07, 6.45) is 3.50. The second-order valence-corrected chi connectivity index (χ2v) is 5.55. The molecule has 7 nitrogen and oxygen atoms in total. The molecule has 0 radical (unpaired) electrons. The fourth-order valence-corrected chi connectivity index (χ4v) is 3.11. The topological polar surface area (TPSA) is 62.1 Å². The summed E-state index contributed by atoms with van der Waals surface area (Å²) in [6.45, 7) is 6.64. The first-order valence-electron chi connectivity index (χ1n) is 7.15. The predicted octanol–water partition coefficient (Wildman–Crippen LogP) is -0.543. The summed E-state index contributed by atoms with van der Waals surface area (Å²) in [5.41, 5.74) is 0.903. The lowest BCUT2D eigenvalue weighted by Crippen LogP contribution is -2.63. The lowest BCUT2D eigenvalue weighted by atomic mass is 10.1. The van der Waals surface area contributed by atoms with Crippen LogP contribution in [0.15, 0.2) is 12.5 Å². The zero-order valence-corrected chi connectivity index (χ0v) is 11.7. The van der Waals surface area contributed by atoms with Crippen molar-refractivity contribution in [3.05, 3.63) is 12.5 Å². The number of hydrogen-bond acceptors (Lipinski definition) is 6. The summed E-state index contributed by atoms with van der Waals surface area (Å²) in [5.74, 6) is 1.02. The van der Waals surface area contributed by atoms with Crippen molar-refractivity contribution in [2.45, 2.75) is 6.04 Å². The first kappa shape index (κ1) is 12.0. The van der Waals surface area contributed by atoms with E-state index in [1.807, 2.05) is 13.2 Å². The first-order chi connectivity index (χ1) is 9.83. The van der Waals surface area contributed by atoms with E-state index in [9.17, 15) is 0 Å². The molecule has 0 unspecified atom stereocenters. The van der Waals surface area contributed by atoms with Crippen LogP contribution in [0.25, 0.3) is 11.0 Å². The fraction of sp³-hybridized carbons (Fsp3) is 0.615. The van der Waals surface area contributed by atoms with Gasteiger partial charge in [-0.25, -0.2) is 9.97 Å². The molecule has 2 aliphatic rings. The van der Waals surface area contributed by atoms with Crippen molar-refractivity contribution in [1.29, 1.82) is 0 Å². The number of aromatic nitrogens is 4. The van der Waals surface area contributed by atoms with Gasteiger partial charge in [0.2, 0.25) is 0 Å². The van der Waals surface area contributed by atoms with E-state index in [1.165, 1.54) is 0 Å². The Labute approximate surface area is 117 Å². The van der Waals surface area contributed by atoms with Gasteiger partial charge in [-0.1, -0.05) is 0 Å². The van der Waals surface area contributed by atoms with Crippen LogP contribution >= 0.6 is 0 Å². The largest absolute Gasteiger partial charge is 0.353 e. The van der Waals surface area contributed by atoms with E-state index in [0.29, 0.717) is 6.04 Å². The van der Waals surface area contributed by atoms with Crippen LogP contribution in [0, 0.1) is 0 Å². The van der Waals surface area contributed by atoms with E-state index in [-0.39, 0.29) is 0 Å². The maximum atomic E-state index is 4.45. The number of anilines is 1. The molecular formula is C13H19N7. The van der Waals surface area contributed by atoms with Crippen LogP contribution in [0.1, 0.15) is 0 Å². The Balaban J connectivity index is 1.51. The predicted molar refractivity (Wildman–Crippen MR) is 76.7 cm³/mol. The van der Waals surface area contributed by atoms with Crippen LogP contribution in [0.2, 0.25) is 0 Å². The SMILES string of the molecule is Cn1ncc2c(N3CC(N4CCNCC4)C3)ncnc21. The van der Waals surface area contributed by atoms with Crippen LogP contribution in [-0.4, -0.2) is 70.0 Å². The Morgan fingerprint density at radius 2 is 2.00 bits per heavy atom. The van der Waals surface area contributed by atoms with Crippen LogP contribution < -0.4 is 10.2 Å². The minimum Gasteiger partial charge on any atom is -0.353 e. The zero-order valence-electron chi connectivity index (χ0n) is 11.7. The quantitative estimate of drug-likeness (QED) is 0.793. The van der Waals surface area contributed by atoms with Crippen LogP contribution in [0.5, 0.6) is 0 Å². The zero-order chi connectivity index (χ0) is 13.5. The van der Waals surface area contributed by atoms with E-state index in [1.54, 1.807) is 11.0 Å². The Hall–Kier alpha value is -1.73. The van der Waals surface area contributed by atoms with Gasteiger partial charge in [0.25, 0.3) is 0 Å². The van der Waals surface area contributed by atoms with Crippen LogP contribution in [0.4, 0.5) is 5.82 Å². The van der Waals surface area contributed by atoms with Gasteiger partial charge < -0.3 is 10.2 Å². The third-order valence-electron chi connectivity index (χ3n) is 4.34. The maximum Gasteiger partial charge on any atom is 0.163 e. The van der Waals surface area contributed by atoms with Crippen LogP contribution in [-0.2, 0) is 7.05 Å². The lowest BCUT2D eigenvalue weighted by molar-refractivity contribution is 0.147. The average molecular weight is 273 g/mol. The molecule has 4 heterocycles. The van der Waals surface area contributed by atoms with Crippen molar-refractivity contribution < 1.29 is 0 Å². The number of piperazine rings is 1. The monoisotopic (exact) mass is 273 g/mol. The summed E-state index contributed by atoms with van der Waals surface area (Å²) >= 11 is 0.